The minimum absolute atomic E-state index is 0.0489. The molecule has 1 aliphatic heterocycles. The van der Waals surface area contributed by atoms with E-state index in [4.69, 9.17) is 4.74 Å². The second-order valence-electron chi connectivity index (χ2n) is 4.29. The van der Waals surface area contributed by atoms with Crippen molar-refractivity contribution < 1.29 is 9.53 Å². The first-order valence-corrected chi connectivity index (χ1v) is 7.44. The lowest BCUT2D eigenvalue weighted by Crippen LogP contribution is -2.32. The van der Waals surface area contributed by atoms with Crippen molar-refractivity contribution in [1.82, 2.24) is 4.98 Å². The Kier molecular flexibility index (Phi) is 3.28. The first-order valence-electron chi connectivity index (χ1n) is 5.77. The summed E-state index contributed by atoms with van der Waals surface area (Å²) >= 11 is 4.91. The van der Waals surface area contributed by atoms with Crippen LogP contribution in [0, 0.1) is 6.92 Å². The van der Waals surface area contributed by atoms with E-state index in [0.29, 0.717) is 6.54 Å². The van der Waals surface area contributed by atoms with E-state index in [0.717, 1.165) is 26.6 Å². The van der Waals surface area contributed by atoms with Gasteiger partial charge in [-0.15, -0.1) is 11.3 Å². The van der Waals surface area contributed by atoms with Gasteiger partial charge in [-0.25, -0.2) is 4.98 Å². The SMILES string of the molecule is Cc1csc(N2Cc3cc(Br)ccc3OCC2=O)n1. The van der Waals surface area contributed by atoms with Crippen molar-refractivity contribution in [2.75, 3.05) is 11.5 Å². The largest absolute Gasteiger partial charge is 0.483 e. The molecule has 0 saturated heterocycles. The van der Waals surface area contributed by atoms with Gasteiger partial charge in [0, 0.05) is 15.4 Å². The van der Waals surface area contributed by atoms with Gasteiger partial charge in [-0.05, 0) is 25.1 Å². The van der Waals surface area contributed by atoms with Gasteiger partial charge in [-0.2, -0.15) is 0 Å². The van der Waals surface area contributed by atoms with Gasteiger partial charge in [0.15, 0.2) is 11.7 Å². The van der Waals surface area contributed by atoms with Crippen molar-refractivity contribution in [2.45, 2.75) is 13.5 Å². The van der Waals surface area contributed by atoms with E-state index in [1.807, 2.05) is 30.5 Å². The Bertz CT molecular complexity index is 641. The molecule has 2 heterocycles. The van der Waals surface area contributed by atoms with Gasteiger partial charge in [0.05, 0.1) is 12.2 Å². The lowest BCUT2D eigenvalue weighted by molar-refractivity contribution is -0.120. The van der Waals surface area contributed by atoms with Crippen molar-refractivity contribution in [1.29, 1.82) is 0 Å². The monoisotopic (exact) mass is 338 g/mol. The van der Waals surface area contributed by atoms with Crippen LogP contribution in [-0.4, -0.2) is 17.5 Å². The number of aromatic nitrogens is 1. The number of carbonyl (C=O) groups is 1. The Balaban J connectivity index is 1.99. The van der Waals surface area contributed by atoms with Crippen molar-refractivity contribution >= 4 is 38.3 Å². The van der Waals surface area contributed by atoms with Gasteiger partial charge in [0.2, 0.25) is 0 Å². The van der Waals surface area contributed by atoms with Crippen LogP contribution in [0.15, 0.2) is 28.1 Å². The molecule has 4 nitrogen and oxygen atoms in total. The number of halogens is 1. The van der Waals surface area contributed by atoms with Crippen LogP contribution in [0.2, 0.25) is 0 Å². The number of amides is 1. The molecule has 0 bridgehead atoms. The molecule has 0 atom stereocenters. The fourth-order valence-corrected chi connectivity index (χ4v) is 3.16. The van der Waals surface area contributed by atoms with E-state index < -0.39 is 0 Å². The maximum Gasteiger partial charge on any atom is 0.267 e. The van der Waals surface area contributed by atoms with Crippen molar-refractivity contribution in [3.63, 3.8) is 0 Å². The molecule has 0 aliphatic carbocycles. The number of nitrogens with zero attached hydrogens (tertiary/aromatic N) is 2. The second-order valence-corrected chi connectivity index (χ2v) is 6.04. The third-order valence-electron chi connectivity index (χ3n) is 2.84. The van der Waals surface area contributed by atoms with Crippen LogP contribution >= 0.6 is 27.3 Å². The molecule has 1 aromatic carbocycles. The van der Waals surface area contributed by atoms with Crippen molar-refractivity contribution in [3.05, 3.63) is 39.3 Å². The third kappa shape index (κ3) is 2.50. The summed E-state index contributed by atoms with van der Waals surface area (Å²) in [5.41, 5.74) is 1.90. The summed E-state index contributed by atoms with van der Waals surface area (Å²) in [6.07, 6.45) is 0. The number of thiazole rings is 1. The third-order valence-corrected chi connectivity index (χ3v) is 4.32. The van der Waals surface area contributed by atoms with Gasteiger partial charge >= 0.3 is 0 Å². The van der Waals surface area contributed by atoms with E-state index in [1.54, 1.807) is 4.90 Å². The zero-order valence-corrected chi connectivity index (χ0v) is 12.6. The molecule has 1 amide bonds. The Morgan fingerprint density at radius 1 is 1.47 bits per heavy atom. The van der Waals surface area contributed by atoms with E-state index in [2.05, 4.69) is 20.9 Å². The Morgan fingerprint density at radius 3 is 3.05 bits per heavy atom. The Morgan fingerprint density at radius 2 is 2.32 bits per heavy atom. The highest BCUT2D eigenvalue weighted by Gasteiger charge is 2.24. The Hall–Kier alpha value is -1.40. The quantitative estimate of drug-likeness (QED) is 0.802. The van der Waals surface area contributed by atoms with Crippen LogP contribution in [0.1, 0.15) is 11.3 Å². The summed E-state index contributed by atoms with van der Waals surface area (Å²) in [5.74, 6) is 0.689. The van der Waals surface area contributed by atoms with Gasteiger partial charge < -0.3 is 4.74 Å². The number of ether oxygens (including phenoxy) is 1. The minimum atomic E-state index is -0.0679. The van der Waals surface area contributed by atoms with Crippen LogP contribution in [0.25, 0.3) is 0 Å². The first-order chi connectivity index (χ1) is 9.13. The summed E-state index contributed by atoms with van der Waals surface area (Å²) in [5, 5.41) is 2.66. The van der Waals surface area contributed by atoms with Gasteiger partial charge in [0.1, 0.15) is 5.75 Å². The molecule has 6 heteroatoms. The highest BCUT2D eigenvalue weighted by atomic mass is 79.9. The molecular weight excluding hydrogens is 328 g/mol. The fraction of sp³-hybridized carbons (Fsp3) is 0.231. The van der Waals surface area contributed by atoms with Gasteiger partial charge in [0.25, 0.3) is 5.91 Å². The topological polar surface area (TPSA) is 42.4 Å². The van der Waals surface area contributed by atoms with E-state index in [1.165, 1.54) is 11.3 Å². The molecule has 0 unspecified atom stereocenters. The molecule has 0 radical (unpaired) electrons. The van der Waals surface area contributed by atoms with Crippen LogP contribution < -0.4 is 9.64 Å². The average Bonchev–Trinajstić information content (AvgIpc) is 2.73. The molecule has 2 aromatic rings. The standard InChI is InChI=1S/C13H11BrN2O2S/c1-8-7-19-13(15-8)16-5-9-4-10(14)2-3-11(9)18-6-12(16)17/h2-4,7H,5-6H2,1H3. The molecule has 0 fully saturated rings. The highest BCUT2D eigenvalue weighted by Crippen LogP contribution is 2.30. The van der Waals surface area contributed by atoms with Crippen LogP contribution in [0.5, 0.6) is 5.75 Å². The predicted molar refractivity (Wildman–Crippen MR) is 77.7 cm³/mol. The number of anilines is 1. The summed E-state index contributed by atoms with van der Waals surface area (Å²) in [6.45, 7) is 2.46. The van der Waals surface area contributed by atoms with Crippen LogP contribution in [0.3, 0.4) is 0 Å². The lowest BCUT2D eigenvalue weighted by Gasteiger charge is -2.16. The molecule has 3 rings (SSSR count). The highest BCUT2D eigenvalue weighted by molar-refractivity contribution is 9.10. The van der Waals surface area contributed by atoms with Crippen LogP contribution in [-0.2, 0) is 11.3 Å². The van der Waals surface area contributed by atoms with E-state index in [-0.39, 0.29) is 12.5 Å². The number of aryl methyl sites for hydroxylation is 1. The molecule has 98 valence electrons. The van der Waals surface area contributed by atoms with Gasteiger partial charge in [-0.1, -0.05) is 15.9 Å². The second kappa shape index (κ2) is 4.94. The van der Waals surface area contributed by atoms with E-state index in [9.17, 15) is 4.79 Å². The number of carbonyl (C=O) groups excluding carboxylic acids is 1. The normalized spacial score (nSPS) is 14.8. The zero-order valence-electron chi connectivity index (χ0n) is 10.2. The molecule has 0 saturated carbocycles. The summed E-state index contributed by atoms with van der Waals surface area (Å²) < 4.78 is 6.51. The average molecular weight is 339 g/mol. The number of fused-ring (bicyclic) bond motifs is 1. The number of hydrogen-bond acceptors (Lipinski definition) is 4. The number of benzene rings is 1. The van der Waals surface area contributed by atoms with Crippen LogP contribution in [0.4, 0.5) is 5.13 Å². The molecule has 19 heavy (non-hydrogen) atoms. The zero-order chi connectivity index (χ0) is 13.4. The minimum Gasteiger partial charge on any atom is -0.483 e. The first kappa shape index (κ1) is 12.6. The molecular formula is C13H11BrN2O2S. The summed E-state index contributed by atoms with van der Waals surface area (Å²) in [4.78, 5) is 18.2. The summed E-state index contributed by atoms with van der Waals surface area (Å²) in [7, 11) is 0. The maximum atomic E-state index is 12.1. The fourth-order valence-electron chi connectivity index (χ4n) is 1.93. The summed E-state index contributed by atoms with van der Waals surface area (Å²) in [6, 6.07) is 5.76. The lowest BCUT2D eigenvalue weighted by atomic mass is 10.2. The van der Waals surface area contributed by atoms with Crippen molar-refractivity contribution in [3.8, 4) is 5.75 Å². The van der Waals surface area contributed by atoms with E-state index >= 15 is 0 Å². The Labute approximate surface area is 123 Å². The molecule has 1 aromatic heterocycles. The van der Waals surface area contributed by atoms with Gasteiger partial charge in [-0.3, -0.25) is 9.69 Å². The molecule has 1 aliphatic rings. The number of hydrogen-bond donors (Lipinski definition) is 0. The predicted octanol–water partition coefficient (Wildman–Crippen LogP) is 3.14. The maximum absolute atomic E-state index is 12.1. The van der Waals surface area contributed by atoms with Crippen molar-refractivity contribution in [2.24, 2.45) is 0 Å². The number of rotatable bonds is 1. The molecule has 0 spiro atoms. The smallest absolute Gasteiger partial charge is 0.267 e. The molecule has 0 N–H and O–H groups in total.